The normalized spacial score (nSPS) is 15.8. The van der Waals surface area contributed by atoms with Crippen molar-refractivity contribution in [1.29, 1.82) is 0 Å². The Bertz CT molecular complexity index is 433. The Kier molecular flexibility index (Phi) is 6.33. The number of hydrogen-bond acceptors (Lipinski definition) is 4. The van der Waals surface area contributed by atoms with Crippen LogP contribution in [-0.4, -0.2) is 44.8 Å². The third-order valence-electron chi connectivity index (χ3n) is 4.15. The van der Waals surface area contributed by atoms with E-state index in [-0.39, 0.29) is 0 Å². The van der Waals surface area contributed by atoms with Gasteiger partial charge in [-0.2, -0.15) is 0 Å². The molecule has 0 amide bonds. The molecule has 0 aliphatic carbocycles. The molecule has 0 spiro atoms. The fraction of sp³-hybridized carbons (Fsp3) is 0.647. The van der Waals surface area contributed by atoms with Crippen molar-refractivity contribution in [1.82, 2.24) is 10.2 Å². The molecular formula is C17H28N2O2. The summed E-state index contributed by atoms with van der Waals surface area (Å²) in [5, 5.41) is 3.42. The second-order valence-corrected chi connectivity index (χ2v) is 5.41. The monoisotopic (exact) mass is 292 g/mol. The number of rotatable bonds is 7. The summed E-state index contributed by atoms with van der Waals surface area (Å²) < 4.78 is 11.5. The molecule has 118 valence electrons. The van der Waals surface area contributed by atoms with Gasteiger partial charge in [0.1, 0.15) is 0 Å². The maximum atomic E-state index is 5.79. The minimum absolute atomic E-state index is 0.350. The fourth-order valence-electron chi connectivity index (χ4n) is 2.73. The average Bonchev–Trinajstić information content (AvgIpc) is 2.76. The summed E-state index contributed by atoms with van der Waals surface area (Å²) in [7, 11) is 2.02. The highest BCUT2D eigenvalue weighted by molar-refractivity contribution is 5.44. The van der Waals surface area contributed by atoms with Crippen LogP contribution >= 0.6 is 0 Å². The molecule has 21 heavy (non-hydrogen) atoms. The van der Waals surface area contributed by atoms with Crippen molar-refractivity contribution in [2.75, 3.05) is 39.9 Å². The predicted molar refractivity (Wildman–Crippen MR) is 86.3 cm³/mol. The highest BCUT2D eigenvalue weighted by Gasteiger charge is 2.16. The van der Waals surface area contributed by atoms with Crippen molar-refractivity contribution in [3.8, 4) is 11.5 Å². The van der Waals surface area contributed by atoms with E-state index in [2.05, 4.69) is 36.2 Å². The summed E-state index contributed by atoms with van der Waals surface area (Å²) in [6, 6.07) is 6.67. The van der Waals surface area contributed by atoms with E-state index in [1.165, 1.54) is 5.56 Å². The van der Waals surface area contributed by atoms with Gasteiger partial charge in [-0.05, 0) is 50.8 Å². The van der Waals surface area contributed by atoms with Gasteiger partial charge in [0.2, 0.25) is 0 Å². The van der Waals surface area contributed by atoms with Gasteiger partial charge < -0.3 is 19.7 Å². The largest absolute Gasteiger partial charge is 0.490 e. The van der Waals surface area contributed by atoms with Crippen LogP contribution in [-0.2, 0) is 0 Å². The zero-order valence-electron chi connectivity index (χ0n) is 13.5. The lowest BCUT2D eigenvalue weighted by molar-refractivity contribution is 0.284. The maximum Gasteiger partial charge on any atom is 0.161 e. The second kappa shape index (κ2) is 8.25. The summed E-state index contributed by atoms with van der Waals surface area (Å²) in [5.41, 5.74) is 1.27. The molecule has 1 aromatic rings. The summed E-state index contributed by atoms with van der Waals surface area (Å²) in [6.45, 7) is 9.22. The van der Waals surface area contributed by atoms with Crippen LogP contribution in [0.1, 0.15) is 38.3 Å². The zero-order valence-corrected chi connectivity index (χ0v) is 13.5. The Morgan fingerprint density at radius 3 is 2.52 bits per heavy atom. The summed E-state index contributed by atoms with van der Waals surface area (Å²) in [4.78, 5) is 2.45. The molecule has 0 bridgehead atoms. The highest BCUT2D eigenvalue weighted by Crippen LogP contribution is 2.33. The van der Waals surface area contributed by atoms with Gasteiger partial charge in [-0.15, -0.1) is 0 Å². The molecule has 0 saturated heterocycles. The van der Waals surface area contributed by atoms with Crippen LogP contribution in [0.25, 0.3) is 0 Å². The van der Waals surface area contributed by atoms with E-state index < -0.39 is 0 Å². The Morgan fingerprint density at radius 2 is 1.86 bits per heavy atom. The van der Waals surface area contributed by atoms with Gasteiger partial charge in [0.25, 0.3) is 0 Å². The molecule has 1 unspecified atom stereocenters. The van der Waals surface area contributed by atoms with Crippen molar-refractivity contribution >= 4 is 0 Å². The van der Waals surface area contributed by atoms with E-state index in [9.17, 15) is 0 Å². The van der Waals surface area contributed by atoms with Crippen LogP contribution in [0.4, 0.5) is 0 Å². The topological polar surface area (TPSA) is 33.7 Å². The molecule has 4 nitrogen and oxygen atoms in total. The van der Waals surface area contributed by atoms with E-state index in [0.29, 0.717) is 6.04 Å². The summed E-state index contributed by atoms with van der Waals surface area (Å²) >= 11 is 0. The molecule has 0 saturated carbocycles. The number of nitrogens with one attached hydrogen (secondary N) is 1. The van der Waals surface area contributed by atoms with Crippen molar-refractivity contribution in [3.63, 3.8) is 0 Å². The van der Waals surface area contributed by atoms with Gasteiger partial charge in [-0.1, -0.05) is 19.9 Å². The third kappa shape index (κ3) is 4.35. The first-order chi connectivity index (χ1) is 10.3. The Morgan fingerprint density at radius 1 is 1.14 bits per heavy atom. The van der Waals surface area contributed by atoms with Crippen molar-refractivity contribution in [2.24, 2.45) is 0 Å². The predicted octanol–water partition coefficient (Wildman–Crippen LogP) is 2.84. The van der Waals surface area contributed by atoms with Gasteiger partial charge in [0.15, 0.2) is 11.5 Å². The third-order valence-corrected chi connectivity index (χ3v) is 4.15. The number of benzene rings is 1. The van der Waals surface area contributed by atoms with Gasteiger partial charge in [-0.25, -0.2) is 0 Å². The molecule has 1 atom stereocenters. The van der Waals surface area contributed by atoms with E-state index in [1.807, 2.05) is 13.1 Å². The van der Waals surface area contributed by atoms with E-state index in [4.69, 9.17) is 9.47 Å². The Labute approximate surface area is 128 Å². The highest BCUT2D eigenvalue weighted by atomic mass is 16.5. The molecule has 4 heteroatoms. The van der Waals surface area contributed by atoms with Gasteiger partial charge in [0.05, 0.1) is 13.2 Å². The Hall–Kier alpha value is -1.26. The van der Waals surface area contributed by atoms with Gasteiger partial charge >= 0.3 is 0 Å². The molecule has 1 aromatic carbocycles. The molecule has 1 heterocycles. The van der Waals surface area contributed by atoms with E-state index in [0.717, 1.165) is 57.2 Å². The van der Waals surface area contributed by atoms with Crippen molar-refractivity contribution in [3.05, 3.63) is 23.8 Å². The molecule has 0 aromatic heterocycles. The standard InChI is InChI=1S/C17H28N2O2/c1-4-19(5-2)10-9-15(18-3)14-7-8-16-17(13-14)21-12-6-11-20-16/h7-8,13,15,18H,4-6,9-12H2,1-3H3. The summed E-state index contributed by atoms with van der Waals surface area (Å²) in [6.07, 6.45) is 2.04. The first-order valence-electron chi connectivity index (χ1n) is 8.07. The van der Waals surface area contributed by atoms with Crippen LogP contribution in [0, 0.1) is 0 Å². The van der Waals surface area contributed by atoms with Crippen LogP contribution < -0.4 is 14.8 Å². The average molecular weight is 292 g/mol. The number of nitrogens with zero attached hydrogens (tertiary/aromatic N) is 1. The quantitative estimate of drug-likeness (QED) is 0.838. The molecule has 2 rings (SSSR count). The lowest BCUT2D eigenvalue weighted by Crippen LogP contribution is -2.28. The first kappa shape index (κ1) is 16.1. The van der Waals surface area contributed by atoms with Crippen LogP contribution in [0.5, 0.6) is 11.5 Å². The Balaban J connectivity index is 2.05. The summed E-state index contributed by atoms with van der Waals surface area (Å²) in [5.74, 6) is 1.75. The van der Waals surface area contributed by atoms with Crippen LogP contribution in [0.3, 0.4) is 0 Å². The number of fused-ring (bicyclic) bond motifs is 1. The molecule has 0 fully saturated rings. The van der Waals surface area contributed by atoms with Crippen molar-refractivity contribution in [2.45, 2.75) is 32.7 Å². The van der Waals surface area contributed by atoms with Crippen LogP contribution in [0.2, 0.25) is 0 Å². The van der Waals surface area contributed by atoms with Crippen molar-refractivity contribution < 1.29 is 9.47 Å². The first-order valence-corrected chi connectivity index (χ1v) is 8.07. The molecule has 0 radical (unpaired) electrons. The van der Waals surface area contributed by atoms with E-state index in [1.54, 1.807) is 0 Å². The molecule has 1 aliphatic rings. The minimum Gasteiger partial charge on any atom is -0.490 e. The fourth-order valence-corrected chi connectivity index (χ4v) is 2.73. The van der Waals surface area contributed by atoms with Gasteiger partial charge in [0, 0.05) is 12.5 Å². The molecule has 1 aliphatic heterocycles. The minimum atomic E-state index is 0.350. The lowest BCUT2D eigenvalue weighted by Gasteiger charge is -2.23. The van der Waals surface area contributed by atoms with E-state index >= 15 is 0 Å². The number of hydrogen-bond donors (Lipinski definition) is 1. The molecule has 1 N–H and O–H groups in total. The molecular weight excluding hydrogens is 264 g/mol. The maximum absolute atomic E-state index is 5.79. The smallest absolute Gasteiger partial charge is 0.161 e. The second-order valence-electron chi connectivity index (χ2n) is 5.41. The van der Waals surface area contributed by atoms with Gasteiger partial charge in [-0.3, -0.25) is 0 Å². The number of ether oxygens (including phenoxy) is 2. The SMILES string of the molecule is CCN(CC)CCC(NC)c1ccc2c(c1)OCCCO2. The van der Waals surface area contributed by atoms with Crippen LogP contribution in [0.15, 0.2) is 18.2 Å². The zero-order chi connectivity index (χ0) is 15.1. The lowest BCUT2D eigenvalue weighted by atomic mass is 10.0.